The minimum atomic E-state index is 0.730. The first-order chi connectivity index (χ1) is 9.83. The minimum Gasteiger partial charge on any atom is -0.398 e. The number of hydrogen-bond donors (Lipinski definition) is 1. The SMILES string of the molecule is Nc1ccc(N2CCN3CCCC3C2)c2cnccc12. The van der Waals surface area contributed by atoms with Crippen molar-refractivity contribution in [2.75, 3.05) is 36.8 Å². The Morgan fingerprint density at radius 3 is 3.00 bits per heavy atom. The fourth-order valence-corrected chi connectivity index (χ4v) is 3.68. The van der Waals surface area contributed by atoms with E-state index in [4.69, 9.17) is 5.73 Å². The molecule has 0 saturated carbocycles. The van der Waals surface area contributed by atoms with Gasteiger partial charge in [-0.15, -0.1) is 0 Å². The summed E-state index contributed by atoms with van der Waals surface area (Å²) in [4.78, 5) is 9.43. The molecule has 2 aromatic rings. The molecule has 0 amide bonds. The van der Waals surface area contributed by atoms with E-state index in [1.807, 2.05) is 24.5 Å². The Morgan fingerprint density at radius 2 is 2.05 bits per heavy atom. The number of anilines is 2. The predicted molar refractivity (Wildman–Crippen MR) is 83.0 cm³/mol. The second kappa shape index (κ2) is 4.63. The number of nitrogen functional groups attached to an aromatic ring is 1. The number of hydrogen-bond acceptors (Lipinski definition) is 4. The van der Waals surface area contributed by atoms with Crippen molar-refractivity contribution in [3.8, 4) is 0 Å². The van der Waals surface area contributed by atoms with Gasteiger partial charge in [-0.3, -0.25) is 9.88 Å². The van der Waals surface area contributed by atoms with Crippen LogP contribution in [0.2, 0.25) is 0 Å². The number of fused-ring (bicyclic) bond motifs is 2. The van der Waals surface area contributed by atoms with Crippen LogP contribution in [-0.4, -0.2) is 42.1 Å². The molecule has 2 aliphatic rings. The van der Waals surface area contributed by atoms with Crippen LogP contribution in [0.1, 0.15) is 12.8 Å². The maximum Gasteiger partial charge on any atom is 0.0464 e. The Hall–Kier alpha value is -1.81. The summed E-state index contributed by atoms with van der Waals surface area (Å²) in [5, 5.41) is 2.30. The quantitative estimate of drug-likeness (QED) is 0.805. The molecule has 2 fully saturated rings. The first-order valence-corrected chi connectivity index (χ1v) is 7.44. The van der Waals surface area contributed by atoms with E-state index >= 15 is 0 Å². The molecule has 4 nitrogen and oxygen atoms in total. The molecule has 2 saturated heterocycles. The van der Waals surface area contributed by atoms with Gasteiger partial charge in [0.1, 0.15) is 0 Å². The number of aromatic nitrogens is 1. The van der Waals surface area contributed by atoms with Gasteiger partial charge in [-0.1, -0.05) is 0 Å². The van der Waals surface area contributed by atoms with Crippen molar-refractivity contribution < 1.29 is 0 Å². The molecule has 0 bridgehead atoms. The fourth-order valence-electron chi connectivity index (χ4n) is 3.68. The summed E-state index contributed by atoms with van der Waals surface area (Å²) >= 11 is 0. The van der Waals surface area contributed by atoms with Gasteiger partial charge in [0, 0.05) is 60.2 Å². The van der Waals surface area contributed by atoms with Crippen LogP contribution in [0.4, 0.5) is 11.4 Å². The van der Waals surface area contributed by atoms with Crippen LogP contribution < -0.4 is 10.6 Å². The third-order valence-corrected chi connectivity index (χ3v) is 4.76. The zero-order chi connectivity index (χ0) is 13.5. The van der Waals surface area contributed by atoms with Gasteiger partial charge in [-0.2, -0.15) is 0 Å². The molecule has 2 aliphatic heterocycles. The lowest BCUT2D eigenvalue weighted by molar-refractivity contribution is 0.231. The summed E-state index contributed by atoms with van der Waals surface area (Å²) < 4.78 is 0. The number of piperazine rings is 1. The molecular formula is C16H20N4. The lowest BCUT2D eigenvalue weighted by atomic mass is 10.1. The normalized spacial score (nSPS) is 23.2. The summed E-state index contributed by atoms with van der Waals surface area (Å²) in [6.07, 6.45) is 6.45. The van der Waals surface area contributed by atoms with E-state index in [0.29, 0.717) is 0 Å². The Labute approximate surface area is 119 Å². The van der Waals surface area contributed by atoms with Crippen molar-refractivity contribution in [1.82, 2.24) is 9.88 Å². The lowest BCUT2D eigenvalue weighted by Gasteiger charge is -2.39. The van der Waals surface area contributed by atoms with Gasteiger partial charge >= 0.3 is 0 Å². The van der Waals surface area contributed by atoms with Gasteiger partial charge in [0.05, 0.1) is 0 Å². The van der Waals surface area contributed by atoms with E-state index in [0.717, 1.165) is 30.2 Å². The smallest absolute Gasteiger partial charge is 0.0464 e. The van der Waals surface area contributed by atoms with Crippen molar-refractivity contribution in [3.63, 3.8) is 0 Å². The molecule has 1 aromatic carbocycles. The molecule has 0 aliphatic carbocycles. The summed E-state index contributed by atoms with van der Waals surface area (Å²) in [6.45, 7) is 4.69. The molecule has 2 N–H and O–H groups in total. The van der Waals surface area contributed by atoms with Gasteiger partial charge < -0.3 is 10.6 Å². The van der Waals surface area contributed by atoms with Crippen LogP contribution in [-0.2, 0) is 0 Å². The highest BCUT2D eigenvalue weighted by molar-refractivity contribution is 6.00. The minimum absolute atomic E-state index is 0.730. The highest BCUT2D eigenvalue weighted by atomic mass is 15.3. The molecular weight excluding hydrogens is 248 g/mol. The zero-order valence-electron chi connectivity index (χ0n) is 11.6. The van der Waals surface area contributed by atoms with Crippen molar-refractivity contribution in [3.05, 3.63) is 30.6 Å². The summed E-state index contributed by atoms with van der Waals surface area (Å²) in [5.74, 6) is 0. The van der Waals surface area contributed by atoms with Crippen LogP contribution in [0.25, 0.3) is 10.8 Å². The highest BCUT2D eigenvalue weighted by Crippen LogP contribution is 2.32. The molecule has 0 radical (unpaired) electrons. The number of nitrogens with two attached hydrogens (primary N) is 1. The molecule has 0 spiro atoms. The third-order valence-electron chi connectivity index (χ3n) is 4.76. The first-order valence-electron chi connectivity index (χ1n) is 7.44. The van der Waals surface area contributed by atoms with Crippen LogP contribution in [0.15, 0.2) is 30.6 Å². The van der Waals surface area contributed by atoms with Crippen LogP contribution in [0, 0.1) is 0 Å². The van der Waals surface area contributed by atoms with Gasteiger partial charge in [0.15, 0.2) is 0 Å². The maximum absolute atomic E-state index is 6.09. The van der Waals surface area contributed by atoms with Gasteiger partial charge in [-0.25, -0.2) is 0 Å². The lowest BCUT2D eigenvalue weighted by Crippen LogP contribution is -2.50. The van der Waals surface area contributed by atoms with E-state index in [1.165, 1.54) is 37.0 Å². The van der Waals surface area contributed by atoms with Gasteiger partial charge in [-0.05, 0) is 37.6 Å². The van der Waals surface area contributed by atoms with Crippen LogP contribution in [0.5, 0.6) is 0 Å². The predicted octanol–water partition coefficient (Wildman–Crippen LogP) is 2.10. The molecule has 1 aromatic heterocycles. The maximum atomic E-state index is 6.09. The van der Waals surface area contributed by atoms with E-state index in [-0.39, 0.29) is 0 Å². The van der Waals surface area contributed by atoms with E-state index < -0.39 is 0 Å². The van der Waals surface area contributed by atoms with Crippen molar-refractivity contribution in [2.45, 2.75) is 18.9 Å². The largest absolute Gasteiger partial charge is 0.398 e. The highest BCUT2D eigenvalue weighted by Gasteiger charge is 2.31. The molecule has 4 heteroatoms. The zero-order valence-corrected chi connectivity index (χ0v) is 11.6. The molecule has 20 heavy (non-hydrogen) atoms. The number of benzene rings is 1. The van der Waals surface area contributed by atoms with Crippen molar-refractivity contribution in [1.29, 1.82) is 0 Å². The average molecular weight is 268 g/mol. The van der Waals surface area contributed by atoms with Gasteiger partial charge in [0.25, 0.3) is 0 Å². The Morgan fingerprint density at radius 1 is 1.10 bits per heavy atom. The average Bonchev–Trinajstić information content (AvgIpc) is 2.95. The van der Waals surface area contributed by atoms with Crippen LogP contribution >= 0.6 is 0 Å². The standard InChI is InChI=1S/C16H20N4/c17-15-3-4-16(14-10-18-6-5-13(14)15)20-9-8-19-7-1-2-12(19)11-20/h3-6,10,12H,1-2,7-9,11,17H2. The van der Waals surface area contributed by atoms with Gasteiger partial charge in [0.2, 0.25) is 0 Å². The van der Waals surface area contributed by atoms with E-state index in [9.17, 15) is 0 Å². The second-order valence-electron chi connectivity index (χ2n) is 5.87. The Balaban J connectivity index is 1.73. The first kappa shape index (κ1) is 12.0. The van der Waals surface area contributed by atoms with Crippen LogP contribution in [0.3, 0.4) is 0 Å². The second-order valence-corrected chi connectivity index (χ2v) is 5.87. The molecule has 104 valence electrons. The number of rotatable bonds is 1. The topological polar surface area (TPSA) is 45.4 Å². The summed E-state index contributed by atoms with van der Waals surface area (Å²) in [6, 6.07) is 6.93. The molecule has 4 rings (SSSR count). The fraction of sp³-hybridized carbons (Fsp3) is 0.438. The molecule has 1 unspecified atom stereocenters. The van der Waals surface area contributed by atoms with E-state index in [2.05, 4.69) is 20.9 Å². The van der Waals surface area contributed by atoms with Crippen molar-refractivity contribution in [2.24, 2.45) is 0 Å². The number of nitrogens with zero attached hydrogens (tertiary/aromatic N) is 3. The Kier molecular flexibility index (Phi) is 2.77. The molecule has 3 heterocycles. The van der Waals surface area contributed by atoms with E-state index in [1.54, 1.807) is 0 Å². The third kappa shape index (κ3) is 1.83. The monoisotopic (exact) mass is 268 g/mol. The Bertz CT molecular complexity index is 639. The van der Waals surface area contributed by atoms with Crippen molar-refractivity contribution >= 4 is 22.1 Å². The number of pyridine rings is 1. The summed E-state index contributed by atoms with van der Waals surface area (Å²) in [5.41, 5.74) is 8.21. The molecule has 1 atom stereocenters. The summed E-state index contributed by atoms with van der Waals surface area (Å²) in [7, 11) is 0.